The maximum atomic E-state index is 12.7. The SMILES string of the molecule is O=C(C1CCCCCCC1)N(CCO)CC1CCCN1. The molecule has 1 atom stereocenters. The molecule has 0 aromatic carbocycles. The molecule has 1 aliphatic carbocycles. The van der Waals surface area contributed by atoms with E-state index in [0.717, 1.165) is 32.4 Å². The number of amides is 1. The van der Waals surface area contributed by atoms with E-state index in [1.165, 1.54) is 38.5 Å². The molecule has 1 saturated carbocycles. The number of carbonyl (C=O) groups is 1. The van der Waals surface area contributed by atoms with Crippen molar-refractivity contribution in [3.8, 4) is 0 Å². The summed E-state index contributed by atoms with van der Waals surface area (Å²) in [5.74, 6) is 0.484. The van der Waals surface area contributed by atoms with E-state index in [1.807, 2.05) is 4.90 Å². The van der Waals surface area contributed by atoms with Gasteiger partial charge in [0.05, 0.1) is 6.61 Å². The minimum absolute atomic E-state index is 0.0746. The second kappa shape index (κ2) is 8.63. The lowest BCUT2D eigenvalue weighted by molar-refractivity contribution is -0.137. The van der Waals surface area contributed by atoms with E-state index in [0.29, 0.717) is 12.6 Å². The average molecular weight is 282 g/mol. The van der Waals surface area contributed by atoms with E-state index in [1.54, 1.807) is 0 Å². The van der Waals surface area contributed by atoms with Gasteiger partial charge in [0.2, 0.25) is 5.91 Å². The lowest BCUT2D eigenvalue weighted by atomic mass is 9.90. The highest BCUT2D eigenvalue weighted by atomic mass is 16.3. The van der Waals surface area contributed by atoms with Crippen LogP contribution in [0.2, 0.25) is 0 Å². The predicted octanol–water partition coefficient (Wildman–Crippen LogP) is 1.92. The molecule has 1 aliphatic heterocycles. The molecule has 2 fully saturated rings. The van der Waals surface area contributed by atoms with Gasteiger partial charge < -0.3 is 15.3 Å². The number of carbonyl (C=O) groups excluding carboxylic acids is 1. The molecule has 4 heteroatoms. The van der Waals surface area contributed by atoms with Gasteiger partial charge in [-0.3, -0.25) is 4.79 Å². The fourth-order valence-corrected chi connectivity index (χ4v) is 3.55. The summed E-state index contributed by atoms with van der Waals surface area (Å²) < 4.78 is 0. The van der Waals surface area contributed by atoms with Gasteiger partial charge >= 0.3 is 0 Å². The van der Waals surface area contributed by atoms with E-state index in [9.17, 15) is 9.90 Å². The highest BCUT2D eigenvalue weighted by molar-refractivity contribution is 5.78. The first-order chi connectivity index (χ1) is 9.81. The lowest BCUT2D eigenvalue weighted by Crippen LogP contribution is -2.45. The Morgan fingerprint density at radius 3 is 2.35 bits per heavy atom. The van der Waals surface area contributed by atoms with E-state index in [4.69, 9.17) is 0 Å². The summed E-state index contributed by atoms with van der Waals surface area (Å²) in [5, 5.41) is 12.7. The van der Waals surface area contributed by atoms with Crippen LogP contribution < -0.4 is 5.32 Å². The smallest absolute Gasteiger partial charge is 0.225 e. The molecule has 1 heterocycles. The Balaban J connectivity index is 1.89. The monoisotopic (exact) mass is 282 g/mol. The molecule has 116 valence electrons. The van der Waals surface area contributed by atoms with Gasteiger partial charge in [0.1, 0.15) is 0 Å². The first-order valence-electron chi connectivity index (χ1n) is 8.44. The zero-order chi connectivity index (χ0) is 14.2. The first-order valence-corrected chi connectivity index (χ1v) is 8.44. The number of aliphatic hydroxyl groups excluding tert-OH is 1. The van der Waals surface area contributed by atoms with Gasteiger partial charge in [-0.2, -0.15) is 0 Å². The number of hydrogen-bond donors (Lipinski definition) is 2. The molecule has 2 rings (SSSR count). The van der Waals surface area contributed by atoms with Gasteiger partial charge in [0.25, 0.3) is 0 Å². The Labute approximate surface area is 122 Å². The predicted molar refractivity (Wildman–Crippen MR) is 80.5 cm³/mol. The summed E-state index contributed by atoms with van der Waals surface area (Å²) in [4.78, 5) is 14.6. The summed E-state index contributed by atoms with van der Waals surface area (Å²) >= 11 is 0. The van der Waals surface area contributed by atoms with Crippen molar-refractivity contribution in [2.45, 2.75) is 63.8 Å². The second-order valence-electron chi connectivity index (χ2n) is 6.34. The summed E-state index contributed by atoms with van der Waals surface area (Å²) in [7, 11) is 0. The Morgan fingerprint density at radius 1 is 1.05 bits per heavy atom. The van der Waals surface area contributed by atoms with Crippen molar-refractivity contribution in [2.75, 3.05) is 26.2 Å². The third-order valence-electron chi connectivity index (χ3n) is 4.74. The first kappa shape index (κ1) is 15.8. The number of rotatable bonds is 5. The fraction of sp³-hybridized carbons (Fsp3) is 0.938. The minimum Gasteiger partial charge on any atom is -0.395 e. The van der Waals surface area contributed by atoms with E-state index < -0.39 is 0 Å². The van der Waals surface area contributed by atoms with E-state index >= 15 is 0 Å². The molecule has 0 aromatic rings. The van der Waals surface area contributed by atoms with Crippen molar-refractivity contribution in [3.63, 3.8) is 0 Å². The molecule has 0 aromatic heterocycles. The molecule has 0 spiro atoms. The molecule has 1 saturated heterocycles. The van der Waals surface area contributed by atoms with Crippen LogP contribution in [-0.4, -0.2) is 48.2 Å². The molecule has 0 radical (unpaired) electrons. The Hall–Kier alpha value is -0.610. The Kier molecular flexibility index (Phi) is 6.80. The lowest BCUT2D eigenvalue weighted by Gasteiger charge is -2.30. The summed E-state index contributed by atoms with van der Waals surface area (Å²) in [5.41, 5.74) is 0. The van der Waals surface area contributed by atoms with Crippen molar-refractivity contribution in [3.05, 3.63) is 0 Å². The summed E-state index contributed by atoms with van der Waals surface area (Å²) in [6, 6.07) is 0.430. The van der Waals surface area contributed by atoms with Crippen LogP contribution in [0, 0.1) is 5.92 Å². The van der Waals surface area contributed by atoms with Crippen LogP contribution in [0.5, 0.6) is 0 Å². The number of hydrogen-bond acceptors (Lipinski definition) is 3. The van der Waals surface area contributed by atoms with Crippen molar-refractivity contribution < 1.29 is 9.90 Å². The fourth-order valence-electron chi connectivity index (χ4n) is 3.55. The summed E-state index contributed by atoms with van der Waals surface area (Å²) in [6.45, 7) is 2.41. The van der Waals surface area contributed by atoms with E-state index in [2.05, 4.69) is 5.32 Å². The molecule has 1 amide bonds. The highest BCUT2D eigenvalue weighted by Gasteiger charge is 2.27. The molecule has 2 aliphatic rings. The van der Waals surface area contributed by atoms with E-state index in [-0.39, 0.29) is 18.4 Å². The molecular weight excluding hydrogens is 252 g/mol. The van der Waals surface area contributed by atoms with Crippen molar-refractivity contribution in [1.82, 2.24) is 10.2 Å². The van der Waals surface area contributed by atoms with Gasteiger partial charge in [-0.1, -0.05) is 32.1 Å². The summed E-state index contributed by atoms with van der Waals surface area (Å²) in [6.07, 6.45) is 10.7. The van der Waals surface area contributed by atoms with Crippen LogP contribution >= 0.6 is 0 Å². The topological polar surface area (TPSA) is 52.6 Å². The number of nitrogens with zero attached hydrogens (tertiary/aromatic N) is 1. The van der Waals surface area contributed by atoms with Crippen LogP contribution in [-0.2, 0) is 4.79 Å². The van der Waals surface area contributed by atoms with Gasteiger partial charge in [0.15, 0.2) is 0 Å². The zero-order valence-corrected chi connectivity index (χ0v) is 12.6. The number of aliphatic hydroxyl groups is 1. The third kappa shape index (κ3) is 4.74. The van der Waals surface area contributed by atoms with Gasteiger partial charge in [-0.15, -0.1) is 0 Å². The molecule has 4 nitrogen and oxygen atoms in total. The van der Waals surface area contributed by atoms with Crippen molar-refractivity contribution in [2.24, 2.45) is 5.92 Å². The van der Waals surface area contributed by atoms with Crippen LogP contribution in [0.4, 0.5) is 0 Å². The molecule has 1 unspecified atom stereocenters. The largest absolute Gasteiger partial charge is 0.395 e. The van der Waals surface area contributed by atoms with Crippen LogP contribution in [0.15, 0.2) is 0 Å². The zero-order valence-electron chi connectivity index (χ0n) is 12.6. The minimum atomic E-state index is 0.0746. The van der Waals surface area contributed by atoms with Gasteiger partial charge in [0, 0.05) is 25.0 Å². The highest BCUT2D eigenvalue weighted by Crippen LogP contribution is 2.24. The molecule has 20 heavy (non-hydrogen) atoms. The maximum Gasteiger partial charge on any atom is 0.225 e. The molecule has 2 N–H and O–H groups in total. The van der Waals surface area contributed by atoms with Gasteiger partial charge in [-0.05, 0) is 32.2 Å². The second-order valence-corrected chi connectivity index (χ2v) is 6.34. The quantitative estimate of drug-likeness (QED) is 0.810. The molecular formula is C16H30N2O2. The number of nitrogens with one attached hydrogen (secondary N) is 1. The van der Waals surface area contributed by atoms with Crippen molar-refractivity contribution >= 4 is 5.91 Å². The van der Waals surface area contributed by atoms with Crippen LogP contribution in [0.1, 0.15) is 57.8 Å². The standard InChI is InChI=1S/C16H30N2O2/c19-12-11-18(13-15-9-6-10-17-15)16(20)14-7-4-2-1-3-5-8-14/h14-15,17,19H,1-13H2. The van der Waals surface area contributed by atoms with Crippen LogP contribution in [0.25, 0.3) is 0 Å². The Bertz CT molecular complexity index is 282. The molecule has 0 bridgehead atoms. The third-order valence-corrected chi connectivity index (χ3v) is 4.74. The van der Waals surface area contributed by atoms with Gasteiger partial charge in [-0.25, -0.2) is 0 Å². The van der Waals surface area contributed by atoms with Crippen molar-refractivity contribution in [1.29, 1.82) is 0 Å². The maximum absolute atomic E-state index is 12.7. The van der Waals surface area contributed by atoms with Crippen LogP contribution in [0.3, 0.4) is 0 Å². The Morgan fingerprint density at radius 2 is 1.75 bits per heavy atom. The average Bonchev–Trinajstić information content (AvgIpc) is 2.90. The normalized spacial score (nSPS) is 25.1.